The number of anilines is 1. The molecular weight excluding hydrogens is 422 g/mol. The van der Waals surface area contributed by atoms with Crippen molar-refractivity contribution >= 4 is 22.6 Å². The number of hydrogen-bond donors (Lipinski definition) is 2. The monoisotopic (exact) mass is 453 g/mol. The predicted molar refractivity (Wildman–Crippen MR) is 137 cm³/mol. The standard InChI is InChI=1S/C28H31N5O/c1-3-16-29-27(34)21-13-9-15-25-23(21)17-19(2)33(25)28-31-24-14-8-7-12-22(24)26(32-28)30-18-20-10-5-4-6-11-20/h4-6,9-11,13,15,17H,3,7-8,12,14,16,18H2,1-2H3,(H,29,34)(H,30,31,32). The molecule has 0 radical (unpaired) electrons. The molecule has 2 aromatic heterocycles. The van der Waals surface area contributed by atoms with Crippen LogP contribution >= 0.6 is 0 Å². The van der Waals surface area contributed by atoms with Gasteiger partial charge >= 0.3 is 0 Å². The van der Waals surface area contributed by atoms with E-state index in [0.29, 0.717) is 18.1 Å². The minimum Gasteiger partial charge on any atom is -0.366 e. The SMILES string of the molecule is CCCNC(=O)c1cccc2c1cc(C)n2-c1nc2c(c(NCc3ccccc3)n1)CCCC2. The molecule has 5 rings (SSSR count). The van der Waals surface area contributed by atoms with Crippen LogP contribution in [0.2, 0.25) is 0 Å². The molecule has 1 aliphatic carbocycles. The molecule has 0 spiro atoms. The second-order valence-corrected chi connectivity index (χ2v) is 8.96. The van der Waals surface area contributed by atoms with Crippen LogP contribution in [0.3, 0.4) is 0 Å². The van der Waals surface area contributed by atoms with Crippen LogP contribution in [0, 0.1) is 6.92 Å². The van der Waals surface area contributed by atoms with E-state index in [0.717, 1.165) is 66.8 Å². The second-order valence-electron chi connectivity index (χ2n) is 8.96. The summed E-state index contributed by atoms with van der Waals surface area (Å²) >= 11 is 0. The number of aromatic nitrogens is 3. The first kappa shape index (κ1) is 22.1. The summed E-state index contributed by atoms with van der Waals surface area (Å²) in [6.45, 7) is 5.49. The minimum atomic E-state index is -0.0406. The molecule has 0 saturated carbocycles. The summed E-state index contributed by atoms with van der Waals surface area (Å²) in [4.78, 5) is 22.8. The lowest BCUT2D eigenvalue weighted by Crippen LogP contribution is -2.24. The van der Waals surface area contributed by atoms with E-state index in [1.165, 1.54) is 11.1 Å². The fourth-order valence-corrected chi connectivity index (χ4v) is 4.77. The molecule has 2 heterocycles. The molecule has 0 aliphatic heterocycles. The van der Waals surface area contributed by atoms with Crippen LogP contribution in [0.15, 0.2) is 54.6 Å². The second kappa shape index (κ2) is 9.67. The van der Waals surface area contributed by atoms with Gasteiger partial charge < -0.3 is 10.6 Å². The van der Waals surface area contributed by atoms with E-state index in [1.807, 2.05) is 31.2 Å². The molecule has 2 N–H and O–H groups in total. The van der Waals surface area contributed by atoms with E-state index in [-0.39, 0.29) is 5.91 Å². The Labute approximate surface area is 200 Å². The number of hydrogen-bond acceptors (Lipinski definition) is 4. The zero-order valence-electron chi connectivity index (χ0n) is 19.9. The number of aryl methyl sites for hydroxylation is 2. The summed E-state index contributed by atoms with van der Waals surface area (Å²) < 4.78 is 2.08. The number of nitrogens with one attached hydrogen (secondary N) is 2. The highest BCUT2D eigenvalue weighted by atomic mass is 16.1. The number of benzene rings is 2. The molecule has 0 saturated heterocycles. The first-order valence-corrected chi connectivity index (χ1v) is 12.2. The Hall–Kier alpha value is -3.67. The Morgan fingerprint density at radius 2 is 1.85 bits per heavy atom. The third kappa shape index (κ3) is 4.28. The number of amides is 1. The first-order chi connectivity index (χ1) is 16.7. The molecule has 4 aromatic rings. The van der Waals surface area contributed by atoms with Gasteiger partial charge in [-0.05, 0) is 62.8 Å². The van der Waals surface area contributed by atoms with E-state index >= 15 is 0 Å². The average Bonchev–Trinajstić information content (AvgIpc) is 3.22. The largest absolute Gasteiger partial charge is 0.366 e. The topological polar surface area (TPSA) is 71.8 Å². The maximum atomic E-state index is 12.8. The summed E-state index contributed by atoms with van der Waals surface area (Å²) in [7, 11) is 0. The summed E-state index contributed by atoms with van der Waals surface area (Å²) in [6.07, 6.45) is 5.18. The highest BCUT2D eigenvalue weighted by Gasteiger charge is 2.21. The van der Waals surface area contributed by atoms with Gasteiger partial charge in [0.25, 0.3) is 5.91 Å². The number of carbonyl (C=O) groups is 1. The first-order valence-electron chi connectivity index (χ1n) is 12.2. The van der Waals surface area contributed by atoms with Crippen LogP contribution in [0.5, 0.6) is 0 Å². The van der Waals surface area contributed by atoms with Crippen LogP contribution < -0.4 is 10.6 Å². The van der Waals surface area contributed by atoms with Crippen molar-refractivity contribution in [3.8, 4) is 5.95 Å². The molecule has 6 heteroatoms. The van der Waals surface area contributed by atoms with Crippen LogP contribution in [0.4, 0.5) is 5.82 Å². The number of rotatable bonds is 7. The third-order valence-corrected chi connectivity index (χ3v) is 6.48. The van der Waals surface area contributed by atoms with E-state index in [9.17, 15) is 4.79 Å². The Kier molecular flexibility index (Phi) is 6.30. The summed E-state index contributed by atoms with van der Waals surface area (Å²) in [6, 6.07) is 18.3. The van der Waals surface area contributed by atoms with Crippen molar-refractivity contribution in [2.45, 2.75) is 52.5 Å². The molecule has 1 amide bonds. The quantitative estimate of drug-likeness (QED) is 0.395. The van der Waals surface area contributed by atoms with Crippen molar-refractivity contribution in [2.24, 2.45) is 0 Å². The molecule has 0 atom stereocenters. The molecule has 34 heavy (non-hydrogen) atoms. The maximum Gasteiger partial charge on any atom is 0.251 e. The van der Waals surface area contributed by atoms with Crippen LogP contribution in [-0.2, 0) is 19.4 Å². The molecule has 1 aliphatic rings. The number of nitrogens with zero attached hydrogens (tertiary/aromatic N) is 3. The normalized spacial score (nSPS) is 13.0. The van der Waals surface area contributed by atoms with Gasteiger partial charge in [-0.25, -0.2) is 4.98 Å². The molecular formula is C28H31N5O. The zero-order chi connectivity index (χ0) is 23.5. The average molecular weight is 454 g/mol. The van der Waals surface area contributed by atoms with Crippen molar-refractivity contribution in [2.75, 3.05) is 11.9 Å². The fraction of sp³-hybridized carbons (Fsp3) is 0.321. The van der Waals surface area contributed by atoms with Crippen molar-refractivity contribution < 1.29 is 4.79 Å². The highest BCUT2D eigenvalue weighted by Crippen LogP contribution is 2.30. The van der Waals surface area contributed by atoms with Crippen LogP contribution in [-0.4, -0.2) is 27.0 Å². The van der Waals surface area contributed by atoms with E-state index in [4.69, 9.17) is 9.97 Å². The highest BCUT2D eigenvalue weighted by molar-refractivity contribution is 6.07. The zero-order valence-corrected chi connectivity index (χ0v) is 19.9. The van der Waals surface area contributed by atoms with Crippen molar-refractivity contribution in [1.29, 1.82) is 0 Å². The molecule has 6 nitrogen and oxygen atoms in total. The summed E-state index contributed by atoms with van der Waals surface area (Å²) in [5, 5.41) is 7.51. The van der Waals surface area contributed by atoms with E-state index < -0.39 is 0 Å². The van der Waals surface area contributed by atoms with E-state index in [1.54, 1.807) is 0 Å². The van der Waals surface area contributed by atoms with Gasteiger partial charge in [-0.1, -0.05) is 43.3 Å². The summed E-state index contributed by atoms with van der Waals surface area (Å²) in [5.41, 5.74) is 6.23. The maximum absolute atomic E-state index is 12.8. The lowest BCUT2D eigenvalue weighted by Gasteiger charge is -2.21. The fourth-order valence-electron chi connectivity index (χ4n) is 4.77. The Bertz CT molecular complexity index is 1330. The third-order valence-electron chi connectivity index (χ3n) is 6.48. The van der Waals surface area contributed by atoms with Crippen molar-refractivity contribution in [3.63, 3.8) is 0 Å². The Morgan fingerprint density at radius 3 is 2.68 bits per heavy atom. The summed E-state index contributed by atoms with van der Waals surface area (Å²) in [5.74, 6) is 1.54. The van der Waals surface area contributed by atoms with Gasteiger partial charge in [-0.3, -0.25) is 9.36 Å². The molecule has 0 fully saturated rings. The smallest absolute Gasteiger partial charge is 0.251 e. The van der Waals surface area contributed by atoms with Crippen molar-refractivity contribution in [1.82, 2.24) is 19.9 Å². The van der Waals surface area contributed by atoms with Crippen molar-refractivity contribution in [3.05, 3.63) is 82.7 Å². The lowest BCUT2D eigenvalue weighted by atomic mass is 9.96. The molecule has 0 unspecified atom stereocenters. The van der Waals surface area contributed by atoms with Gasteiger partial charge in [0.1, 0.15) is 5.82 Å². The van der Waals surface area contributed by atoms with Gasteiger partial charge in [0.15, 0.2) is 0 Å². The van der Waals surface area contributed by atoms with Crippen LogP contribution in [0.1, 0.15) is 59.1 Å². The Balaban J connectivity index is 1.57. The lowest BCUT2D eigenvalue weighted by molar-refractivity contribution is 0.0955. The van der Waals surface area contributed by atoms with Gasteiger partial charge in [-0.15, -0.1) is 0 Å². The van der Waals surface area contributed by atoms with Crippen LogP contribution in [0.25, 0.3) is 16.9 Å². The van der Waals surface area contributed by atoms with Gasteiger partial charge in [0, 0.05) is 35.3 Å². The Morgan fingerprint density at radius 1 is 1.03 bits per heavy atom. The van der Waals surface area contributed by atoms with E-state index in [2.05, 4.69) is 52.5 Å². The molecule has 0 bridgehead atoms. The van der Waals surface area contributed by atoms with Gasteiger partial charge in [0.05, 0.1) is 11.2 Å². The molecule has 2 aromatic carbocycles. The minimum absolute atomic E-state index is 0.0406. The van der Waals surface area contributed by atoms with Gasteiger partial charge in [0.2, 0.25) is 5.95 Å². The number of fused-ring (bicyclic) bond motifs is 2. The van der Waals surface area contributed by atoms with Gasteiger partial charge in [-0.2, -0.15) is 4.98 Å². The number of carbonyl (C=O) groups excluding carboxylic acids is 1. The molecule has 174 valence electrons. The predicted octanol–water partition coefficient (Wildman–Crippen LogP) is 5.36.